The van der Waals surface area contributed by atoms with Gasteiger partial charge in [0.1, 0.15) is 5.75 Å². The van der Waals surface area contributed by atoms with E-state index in [0.29, 0.717) is 11.7 Å². The van der Waals surface area contributed by atoms with Crippen LogP contribution in [0, 0.1) is 0 Å². The number of hydrogen-bond acceptors (Lipinski definition) is 5. The first-order valence-electron chi connectivity index (χ1n) is 9.62. The summed E-state index contributed by atoms with van der Waals surface area (Å²) in [5.41, 5.74) is 2.10. The summed E-state index contributed by atoms with van der Waals surface area (Å²) < 4.78 is 13.1. The van der Waals surface area contributed by atoms with E-state index in [0.717, 1.165) is 33.3 Å². The summed E-state index contributed by atoms with van der Waals surface area (Å²) in [7, 11) is -3.58. The number of fused-ring (bicyclic) bond motifs is 3. The van der Waals surface area contributed by atoms with Crippen LogP contribution in [-0.2, 0) is 10.8 Å². The van der Waals surface area contributed by atoms with Gasteiger partial charge in [-0.1, -0.05) is 32.1 Å². The van der Waals surface area contributed by atoms with Gasteiger partial charge < -0.3 is 14.1 Å². The van der Waals surface area contributed by atoms with E-state index < -0.39 is 17.3 Å². The lowest BCUT2D eigenvalue weighted by molar-refractivity contribution is 0.254. The van der Waals surface area contributed by atoms with Gasteiger partial charge in [-0.05, 0) is 36.8 Å². The summed E-state index contributed by atoms with van der Waals surface area (Å²) in [6.45, 7) is 13.9. The molecule has 0 aliphatic carbocycles. The van der Waals surface area contributed by atoms with Gasteiger partial charge >= 0.3 is 6.03 Å². The average molecular weight is 434 g/mol. The Hall–Kier alpha value is -1.85. The predicted octanol–water partition coefficient (Wildman–Crippen LogP) is 4.52. The third-order valence-corrected chi connectivity index (χ3v) is 13.2. The van der Waals surface area contributed by atoms with E-state index in [-0.39, 0.29) is 11.1 Å². The third kappa shape index (κ3) is 3.15. The number of amides is 2. The van der Waals surface area contributed by atoms with Crippen molar-refractivity contribution in [3.8, 4) is 5.75 Å². The van der Waals surface area contributed by atoms with Crippen molar-refractivity contribution in [3.63, 3.8) is 0 Å². The second-order valence-electron chi connectivity index (χ2n) is 8.91. The molecule has 0 spiro atoms. The van der Waals surface area contributed by atoms with Gasteiger partial charge in [-0.25, -0.2) is 14.7 Å². The first-order valence-corrected chi connectivity index (χ1v) is 15.7. The highest BCUT2D eigenvalue weighted by Gasteiger charge is 2.41. The number of benzene rings is 1. The van der Waals surface area contributed by atoms with Gasteiger partial charge in [0, 0.05) is 12.0 Å². The monoisotopic (exact) mass is 433 g/mol. The average Bonchev–Trinajstić information content (AvgIpc) is 3.27. The highest BCUT2D eigenvalue weighted by Crippen LogP contribution is 2.40. The van der Waals surface area contributed by atoms with Crippen LogP contribution in [0.5, 0.6) is 5.75 Å². The molecule has 6 nitrogen and oxygen atoms in total. The number of carbonyl (C=O) groups excluding carboxylic acids is 1. The Bertz CT molecular complexity index is 981. The number of carbonyl (C=O) groups is 1. The minimum absolute atomic E-state index is 0.101. The zero-order valence-corrected chi connectivity index (χ0v) is 20.2. The first-order chi connectivity index (χ1) is 13.1. The van der Waals surface area contributed by atoms with Gasteiger partial charge in [0.2, 0.25) is 8.32 Å². The van der Waals surface area contributed by atoms with Gasteiger partial charge in [0.15, 0.2) is 14.1 Å². The van der Waals surface area contributed by atoms with Crippen LogP contribution >= 0.6 is 11.3 Å². The number of hydrogen-bond donors (Lipinski definition) is 1. The van der Waals surface area contributed by atoms with Gasteiger partial charge in [-0.15, -0.1) is 0 Å². The molecule has 2 amide bonds. The number of nitrogens with zero attached hydrogens (tertiary/aromatic N) is 2. The number of urea groups is 1. The smallest absolute Gasteiger partial charge is 0.320 e. The first kappa shape index (κ1) is 19.5. The zero-order valence-electron chi connectivity index (χ0n) is 17.3. The molecule has 3 heterocycles. The molecule has 1 aromatic carbocycles. The van der Waals surface area contributed by atoms with Gasteiger partial charge in [0.05, 0.1) is 28.4 Å². The van der Waals surface area contributed by atoms with Crippen LogP contribution in [0.2, 0.25) is 24.7 Å². The highest BCUT2D eigenvalue weighted by atomic mass is 32.1. The maximum absolute atomic E-state index is 12.7. The van der Waals surface area contributed by atoms with Crippen LogP contribution in [0.3, 0.4) is 0 Å². The summed E-state index contributed by atoms with van der Waals surface area (Å²) in [5, 5.41) is 1.75. The largest absolute Gasteiger partial charge is 0.548 e. The predicted molar refractivity (Wildman–Crippen MR) is 119 cm³/mol. The number of thiazole rings is 1. The fourth-order valence-corrected chi connectivity index (χ4v) is 6.68. The topological polar surface area (TPSA) is 63.7 Å². The summed E-state index contributed by atoms with van der Waals surface area (Å²) in [6.07, 6.45) is 2.70. The quantitative estimate of drug-likeness (QED) is 0.571. The molecule has 28 heavy (non-hydrogen) atoms. The van der Waals surface area contributed by atoms with E-state index in [1.165, 1.54) is 0 Å². The van der Waals surface area contributed by atoms with E-state index in [4.69, 9.17) is 14.1 Å². The number of aromatic nitrogens is 1. The summed E-state index contributed by atoms with van der Waals surface area (Å²) in [5.74, 6) is 0.912. The molecule has 4 rings (SSSR count). The van der Waals surface area contributed by atoms with Crippen molar-refractivity contribution in [3.05, 3.63) is 29.3 Å². The summed E-state index contributed by atoms with van der Waals surface area (Å²) in [6, 6.07) is 3.94. The minimum atomic E-state index is -1.95. The van der Waals surface area contributed by atoms with Crippen LogP contribution in [-0.4, -0.2) is 34.9 Å². The lowest BCUT2D eigenvalue weighted by Gasteiger charge is -2.35. The molecular formula is C19H27N3O3SSi2. The van der Waals surface area contributed by atoms with Gasteiger partial charge in [-0.3, -0.25) is 0 Å². The molecule has 0 saturated carbocycles. The lowest BCUT2D eigenvalue weighted by Crippen LogP contribution is -2.39. The maximum atomic E-state index is 12.7. The van der Waals surface area contributed by atoms with Crippen molar-refractivity contribution in [2.45, 2.75) is 51.9 Å². The summed E-state index contributed by atoms with van der Waals surface area (Å²) >= 11 is 1.54. The number of anilines is 1. The molecule has 1 unspecified atom stereocenters. The molecule has 2 aliphatic rings. The number of rotatable bonds is 3. The standard InChI is InChI=1S/C19H27N3O3SSi2/c1-19(2,3)28(5,6)25-11-15-22(17(23)21-27(15)4)18-20-16-12-9-10-24-13(12)7-8-14(16)26-18/h7-8,11,27H,9-10H2,1-6H3,(H,21,23)/b15-11-. The molecular weight excluding hydrogens is 406 g/mol. The van der Waals surface area contributed by atoms with Crippen molar-refractivity contribution < 1.29 is 14.0 Å². The molecule has 1 atom stereocenters. The van der Waals surface area contributed by atoms with Crippen molar-refractivity contribution in [2.24, 2.45) is 0 Å². The Kier molecular flexibility index (Phi) is 4.59. The molecule has 2 aromatic rings. The van der Waals surface area contributed by atoms with Crippen LogP contribution in [0.25, 0.3) is 10.2 Å². The van der Waals surface area contributed by atoms with E-state index in [2.05, 4.69) is 45.4 Å². The SMILES string of the molecule is C[SiH]1NC(=O)N(c2nc3c4c(ccc3s2)OCC4)/C1=C/O[Si](C)(C)C(C)(C)C. The molecule has 1 N–H and O–H groups in total. The molecule has 1 fully saturated rings. The molecule has 1 aromatic heterocycles. The molecule has 2 aliphatic heterocycles. The Morgan fingerprint density at radius 1 is 1.39 bits per heavy atom. The van der Waals surface area contributed by atoms with Gasteiger partial charge in [0.25, 0.3) is 0 Å². The van der Waals surface area contributed by atoms with Gasteiger partial charge in [-0.2, -0.15) is 0 Å². The Morgan fingerprint density at radius 2 is 2.14 bits per heavy atom. The van der Waals surface area contributed by atoms with Crippen molar-refractivity contribution in [1.82, 2.24) is 9.97 Å². The molecule has 0 radical (unpaired) electrons. The Morgan fingerprint density at radius 3 is 2.86 bits per heavy atom. The van der Waals surface area contributed by atoms with Crippen LogP contribution in [0.1, 0.15) is 26.3 Å². The molecule has 0 bridgehead atoms. The zero-order chi connectivity index (χ0) is 20.3. The fraction of sp³-hybridized carbons (Fsp3) is 0.474. The molecule has 1 saturated heterocycles. The van der Waals surface area contributed by atoms with Crippen molar-refractivity contribution >= 4 is 50.0 Å². The van der Waals surface area contributed by atoms with E-state index in [9.17, 15) is 4.79 Å². The van der Waals surface area contributed by atoms with E-state index in [1.807, 2.05) is 18.4 Å². The lowest BCUT2D eigenvalue weighted by atomic mass is 10.1. The number of ether oxygens (including phenoxy) is 1. The fourth-order valence-electron chi connectivity index (χ4n) is 3.12. The third-order valence-electron chi connectivity index (χ3n) is 5.94. The second-order valence-corrected chi connectivity index (χ2v) is 17.0. The molecule has 9 heteroatoms. The van der Waals surface area contributed by atoms with E-state index >= 15 is 0 Å². The summed E-state index contributed by atoms with van der Waals surface area (Å²) in [4.78, 5) is 22.4. The highest BCUT2D eigenvalue weighted by molar-refractivity contribution is 7.22. The maximum Gasteiger partial charge on any atom is 0.320 e. The van der Waals surface area contributed by atoms with Crippen molar-refractivity contribution in [2.75, 3.05) is 11.5 Å². The Balaban J connectivity index is 1.72. The number of nitrogens with one attached hydrogen (secondary N) is 1. The normalized spacial score (nSPS) is 21.2. The minimum Gasteiger partial charge on any atom is -0.548 e. The second kappa shape index (κ2) is 6.60. The van der Waals surface area contributed by atoms with Crippen LogP contribution in [0.4, 0.5) is 9.93 Å². The molecule has 150 valence electrons. The van der Waals surface area contributed by atoms with Crippen LogP contribution < -0.4 is 14.6 Å². The van der Waals surface area contributed by atoms with Crippen LogP contribution in [0.15, 0.2) is 23.7 Å². The van der Waals surface area contributed by atoms with E-state index in [1.54, 1.807) is 16.2 Å². The van der Waals surface area contributed by atoms with Crippen molar-refractivity contribution in [1.29, 1.82) is 0 Å². The Labute approximate surface area is 172 Å².